The Morgan fingerprint density at radius 3 is 2.36 bits per heavy atom. The van der Waals surface area contributed by atoms with Crippen molar-refractivity contribution < 1.29 is 13.9 Å². The number of halogens is 2. The van der Waals surface area contributed by atoms with E-state index in [2.05, 4.69) is 15.3 Å². The summed E-state index contributed by atoms with van der Waals surface area (Å²) in [5.74, 6) is -1.93. The van der Waals surface area contributed by atoms with E-state index in [4.69, 9.17) is 0 Å². The van der Waals surface area contributed by atoms with Crippen molar-refractivity contribution in [3.05, 3.63) is 69.6 Å². The van der Waals surface area contributed by atoms with E-state index in [0.29, 0.717) is 11.1 Å². The van der Waals surface area contributed by atoms with E-state index < -0.39 is 23.8 Å². The molecule has 2 aromatic carbocycles. The fourth-order valence-electron chi connectivity index (χ4n) is 2.89. The standard InChI is InChI=1S/C18H19F2N3O2/c1-9(11-4-6-15-16(8-11)23-18(25)22-15)21-10(2)17(24)12-3-5-13(19)14(20)7-12/h3-10,17,21,24H,1-2H3,(H2,22,23,25). The Morgan fingerprint density at radius 2 is 1.64 bits per heavy atom. The van der Waals surface area contributed by atoms with E-state index in [9.17, 15) is 18.7 Å². The van der Waals surface area contributed by atoms with Gasteiger partial charge in [0.1, 0.15) is 0 Å². The average Bonchev–Trinajstić information content (AvgIpc) is 2.95. The number of hydrogen-bond donors (Lipinski definition) is 4. The SMILES string of the molecule is CC(NC(C)C(O)c1ccc(F)c(F)c1)c1ccc2[nH]c(=O)[nH]c2c1. The molecule has 7 heteroatoms. The molecule has 0 aliphatic carbocycles. The number of aliphatic hydroxyl groups excluding tert-OH is 1. The number of nitrogens with one attached hydrogen (secondary N) is 3. The summed E-state index contributed by atoms with van der Waals surface area (Å²) in [6, 6.07) is 8.36. The first-order valence-corrected chi connectivity index (χ1v) is 7.96. The van der Waals surface area contributed by atoms with Crippen LogP contribution in [-0.4, -0.2) is 21.1 Å². The van der Waals surface area contributed by atoms with Crippen molar-refractivity contribution in [1.29, 1.82) is 0 Å². The average molecular weight is 347 g/mol. The predicted molar refractivity (Wildman–Crippen MR) is 91.2 cm³/mol. The molecular formula is C18H19F2N3O2. The number of imidazole rings is 1. The molecule has 0 aliphatic rings. The molecule has 0 radical (unpaired) electrons. The van der Waals surface area contributed by atoms with Crippen LogP contribution in [0.1, 0.15) is 37.1 Å². The zero-order valence-corrected chi connectivity index (χ0v) is 13.8. The Morgan fingerprint density at radius 1 is 0.960 bits per heavy atom. The summed E-state index contributed by atoms with van der Waals surface area (Å²) in [6.07, 6.45) is -0.992. The Hall–Kier alpha value is -2.51. The molecule has 4 N–H and O–H groups in total. The third-order valence-electron chi connectivity index (χ3n) is 4.31. The highest BCUT2D eigenvalue weighted by molar-refractivity contribution is 5.75. The largest absolute Gasteiger partial charge is 0.387 e. The van der Waals surface area contributed by atoms with Crippen molar-refractivity contribution >= 4 is 11.0 Å². The maximum absolute atomic E-state index is 13.3. The van der Waals surface area contributed by atoms with Gasteiger partial charge >= 0.3 is 5.69 Å². The van der Waals surface area contributed by atoms with Crippen LogP contribution >= 0.6 is 0 Å². The number of benzene rings is 2. The van der Waals surface area contributed by atoms with E-state index in [1.807, 2.05) is 19.1 Å². The molecule has 3 rings (SSSR count). The number of fused-ring (bicyclic) bond motifs is 1. The van der Waals surface area contributed by atoms with Crippen LogP contribution in [0, 0.1) is 11.6 Å². The third kappa shape index (κ3) is 3.62. The molecule has 0 fully saturated rings. The van der Waals surface area contributed by atoms with Gasteiger partial charge in [-0.3, -0.25) is 0 Å². The van der Waals surface area contributed by atoms with E-state index in [1.165, 1.54) is 6.07 Å². The van der Waals surface area contributed by atoms with Crippen molar-refractivity contribution in [3.63, 3.8) is 0 Å². The van der Waals surface area contributed by atoms with Gasteiger partial charge in [0.05, 0.1) is 17.1 Å². The van der Waals surface area contributed by atoms with Crippen LogP contribution in [0.4, 0.5) is 8.78 Å². The number of aromatic amines is 2. The van der Waals surface area contributed by atoms with Gasteiger partial charge in [-0.05, 0) is 49.2 Å². The van der Waals surface area contributed by atoms with Crippen molar-refractivity contribution in [2.24, 2.45) is 0 Å². The van der Waals surface area contributed by atoms with E-state index in [1.54, 1.807) is 13.0 Å². The smallest absolute Gasteiger partial charge is 0.323 e. The molecule has 0 saturated carbocycles. The van der Waals surface area contributed by atoms with Crippen LogP contribution in [0.3, 0.4) is 0 Å². The first-order valence-electron chi connectivity index (χ1n) is 7.96. The summed E-state index contributed by atoms with van der Waals surface area (Å²) >= 11 is 0. The molecule has 0 aliphatic heterocycles. The lowest BCUT2D eigenvalue weighted by atomic mass is 10.0. The summed E-state index contributed by atoms with van der Waals surface area (Å²) < 4.78 is 26.4. The van der Waals surface area contributed by atoms with Crippen LogP contribution < -0.4 is 11.0 Å². The number of hydrogen-bond acceptors (Lipinski definition) is 3. The molecular weight excluding hydrogens is 328 g/mol. The molecule has 3 atom stereocenters. The number of aliphatic hydroxyl groups is 1. The number of aromatic nitrogens is 2. The summed E-state index contributed by atoms with van der Waals surface area (Å²) in [5.41, 5.74) is 2.37. The fraction of sp³-hybridized carbons (Fsp3) is 0.278. The summed E-state index contributed by atoms with van der Waals surface area (Å²) in [6.45, 7) is 3.68. The quantitative estimate of drug-likeness (QED) is 0.573. The molecule has 0 amide bonds. The molecule has 5 nitrogen and oxygen atoms in total. The summed E-state index contributed by atoms with van der Waals surface area (Å²) in [5, 5.41) is 13.6. The van der Waals surface area contributed by atoms with Gasteiger partial charge in [0.25, 0.3) is 0 Å². The molecule has 132 valence electrons. The minimum Gasteiger partial charge on any atom is -0.387 e. The van der Waals surface area contributed by atoms with Crippen LogP contribution in [0.5, 0.6) is 0 Å². The van der Waals surface area contributed by atoms with Crippen LogP contribution in [0.2, 0.25) is 0 Å². The molecule has 1 aromatic heterocycles. The summed E-state index contributed by atoms with van der Waals surface area (Å²) in [4.78, 5) is 16.7. The topological polar surface area (TPSA) is 80.9 Å². The van der Waals surface area contributed by atoms with Crippen LogP contribution in [-0.2, 0) is 0 Å². The van der Waals surface area contributed by atoms with Crippen molar-refractivity contribution in [2.75, 3.05) is 0 Å². The fourth-order valence-corrected chi connectivity index (χ4v) is 2.89. The van der Waals surface area contributed by atoms with Gasteiger partial charge in [-0.2, -0.15) is 0 Å². The molecule has 1 heterocycles. The van der Waals surface area contributed by atoms with Crippen molar-refractivity contribution in [1.82, 2.24) is 15.3 Å². The molecule has 3 unspecified atom stereocenters. The highest BCUT2D eigenvalue weighted by Gasteiger charge is 2.20. The van der Waals surface area contributed by atoms with Gasteiger partial charge in [0, 0.05) is 12.1 Å². The molecule has 0 spiro atoms. The normalized spacial score (nSPS) is 15.2. The third-order valence-corrected chi connectivity index (χ3v) is 4.31. The van der Waals surface area contributed by atoms with Gasteiger partial charge in [-0.1, -0.05) is 12.1 Å². The second-order valence-electron chi connectivity index (χ2n) is 6.18. The Kier molecular flexibility index (Phi) is 4.69. The second kappa shape index (κ2) is 6.78. The van der Waals surface area contributed by atoms with Gasteiger partial charge in [0.15, 0.2) is 11.6 Å². The van der Waals surface area contributed by atoms with Gasteiger partial charge in [0.2, 0.25) is 0 Å². The molecule has 3 aromatic rings. The lowest BCUT2D eigenvalue weighted by molar-refractivity contribution is 0.130. The minimum atomic E-state index is -0.992. The van der Waals surface area contributed by atoms with E-state index in [-0.39, 0.29) is 11.7 Å². The molecule has 0 bridgehead atoms. The van der Waals surface area contributed by atoms with Gasteiger partial charge in [-0.15, -0.1) is 0 Å². The minimum absolute atomic E-state index is 0.127. The van der Waals surface area contributed by atoms with Crippen molar-refractivity contribution in [2.45, 2.75) is 32.0 Å². The predicted octanol–water partition coefficient (Wildman–Crippen LogP) is 2.91. The first kappa shape index (κ1) is 17.3. The van der Waals surface area contributed by atoms with Crippen molar-refractivity contribution in [3.8, 4) is 0 Å². The maximum Gasteiger partial charge on any atom is 0.323 e. The highest BCUT2D eigenvalue weighted by Crippen LogP contribution is 2.23. The van der Waals surface area contributed by atoms with Gasteiger partial charge in [-0.25, -0.2) is 13.6 Å². The maximum atomic E-state index is 13.3. The molecule has 0 saturated heterocycles. The Bertz CT molecular complexity index is 951. The van der Waals surface area contributed by atoms with E-state index >= 15 is 0 Å². The lowest BCUT2D eigenvalue weighted by Gasteiger charge is -2.25. The number of H-pyrrole nitrogens is 2. The van der Waals surface area contributed by atoms with Crippen LogP contribution in [0.25, 0.3) is 11.0 Å². The monoisotopic (exact) mass is 347 g/mol. The Labute approximate surface area is 142 Å². The van der Waals surface area contributed by atoms with Gasteiger partial charge < -0.3 is 20.4 Å². The zero-order chi connectivity index (χ0) is 18.1. The van der Waals surface area contributed by atoms with Crippen LogP contribution in [0.15, 0.2) is 41.2 Å². The second-order valence-corrected chi connectivity index (χ2v) is 6.18. The Balaban J connectivity index is 1.74. The van der Waals surface area contributed by atoms with E-state index in [0.717, 1.165) is 23.2 Å². The zero-order valence-electron chi connectivity index (χ0n) is 13.8. The molecule has 25 heavy (non-hydrogen) atoms. The summed E-state index contributed by atoms with van der Waals surface area (Å²) in [7, 11) is 0. The highest BCUT2D eigenvalue weighted by atomic mass is 19.2. The first-order chi connectivity index (χ1) is 11.8. The number of rotatable bonds is 5. The lowest BCUT2D eigenvalue weighted by Crippen LogP contribution is -2.34.